The highest BCUT2D eigenvalue weighted by molar-refractivity contribution is 5.17. The molecule has 102 valence electrons. The van der Waals surface area contributed by atoms with Crippen LogP contribution in [0.4, 0.5) is 4.39 Å². The zero-order chi connectivity index (χ0) is 12.9. The minimum absolute atomic E-state index is 0.150. The number of aryl methyl sites for hydroxylation is 1. The molecule has 3 fully saturated rings. The molecule has 1 aromatic rings. The molecule has 4 unspecified atom stereocenters. The monoisotopic (exact) mass is 261 g/mol. The number of benzene rings is 1. The Balaban J connectivity index is 1.40. The predicted molar refractivity (Wildman–Crippen MR) is 71.5 cm³/mol. The Morgan fingerprint density at radius 3 is 2.95 bits per heavy atom. The smallest absolute Gasteiger partial charge is 0.123 e. The van der Waals surface area contributed by atoms with Crippen LogP contribution in [0.3, 0.4) is 0 Å². The van der Waals surface area contributed by atoms with E-state index < -0.39 is 0 Å². The maximum atomic E-state index is 12.9. The first-order valence-electron chi connectivity index (χ1n) is 7.41. The Kier molecular flexibility index (Phi) is 2.68. The summed E-state index contributed by atoms with van der Waals surface area (Å²) in [6.07, 6.45) is 6.41. The van der Waals surface area contributed by atoms with E-state index >= 15 is 0 Å². The van der Waals surface area contributed by atoms with Gasteiger partial charge in [0.05, 0.1) is 11.7 Å². The van der Waals surface area contributed by atoms with Crippen LogP contribution in [0.25, 0.3) is 0 Å². The van der Waals surface area contributed by atoms with E-state index in [-0.39, 0.29) is 11.4 Å². The molecule has 1 spiro atoms. The molecule has 1 aromatic carbocycles. The molecule has 2 bridgehead atoms. The minimum Gasteiger partial charge on any atom is -0.370 e. The maximum Gasteiger partial charge on any atom is 0.123 e. The van der Waals surface area contributed by atoms with Crippen LogP contribution in [0.5, 0.6) is 0 Å². The molecule has 1 N–H and O–H groups in total. The summed E-state index contributed by atoms with van der Waals surface area (Å²) < 4.78 is 19.0. The molecular formula is C16H20FNO. The molecule has 0 saturated carbocycles. The third-order valence-electron chi connectivity index (χ3n) is 5.29. The number of ether oxygens (including phenoxy) is 1. The van der Waals surface area contributed by atoms with Gasteiger partial charge in [0.1, 0.15) is 5.82 Å². The van der Waals surface area contributed by atoms with Gasteiger partial charge in [0.2, 0.25) is 0 Å². The van der Waals surface area contributed by atoms with Crippen molar-refractivity contribution in [3.05, 3.63) is 35.6 Å². The van der Waals surface area contributed by atoms with E-state index in [0.717, 1.165) is 19.4 Å². The fourth-order valence-electron chi connectivity index (χ4n) is 4.31. The Bertz CT molecular complexity index is 474. The van der Waals surface area contributed by atoms with Crippen LogP contribution >= 0.6 is 0 Å². The minimum atomic E-state index is -0.150. The molecule has 3 heterocycles. The molecule has 4 rings (SSSR count). The first kappa shape index (κ1) is 11.9. The van der Waals surface area contributed by atoms with Crippen molar-refractivity contribution in [3.8, 4) is 0 Å². The van der Waals surface area contributed by atoms with Crippen LogP contribution in [-0.4, -0.2) is 24.3 Å². The normalized spacial score (nSPS) is 39.7. The molecule has 4 atom stereocenters. The van der Waals surface area contributed by atoms with Crippen LogP contribution in [0.15, 0.2) is 24.3 Å². The van der Waals surface area contributed by atoms with E-state index in [1.165, 1.54) is 24.8 Å². The van der Waals surface area contributed by atoms with Crippen LogP contribution < -0.4 is 5.32 Å². The predicted octanol–water partition coefficient (Wildman–Crippen LogP) is 2.67. The molecule has 3 saturated heterocycles. The summed E-state index contributed by atoms with van der Waals surface area (Å²) in [5, 5.41) is 3.66. The van der Waals surface area contributed by atoms with Gasteiger partial charge in [-0.1, -0.05) is 12.1 Å². The summed E-state index contributed by atoms with van der Waals surface area (Å²) in [6, 6.07) is 7.49. The lowest BCUT2D eigenvalue weighted by atomic mass is 9.77. The highest BCUT2D eigenvalue weighted by Gasteiger charge is 2.58. The number of nitrogens with one attached hydrogen (secondary N) is 1. The van der Waals surface area contributed by atoms with Crippen molar-refractivity contribution in [1.82, 2.24) is 5.32 Å². The molecular weight excluding hydrogens is 241 g/mol. The van der Waals surface area contributed by atoms with Gasteiger partial charge in [0, 0.05) is 18.5 Å². The number of hydrogen-bond acceptors (Lipinski definition) is 2. The zero-order valence-corrected chi connectivity index (χ0v) is 11.1. The third kappa shape index (κ3) is 1.91. The van der Waals surface area contributed by atoms with Crippen molar-refractivity contribution in [2.45, 2.75) is 49.9 Å². The Hall–Kier alpha value is -0.930. The van der Waals surface area contributed by atoms with Gasteiger partial charge >= 0.3 is 0 Å². The summed E-state index contributed by atoms with van der Waals surface area (Å²) >= 11 is 0. The standard InChI is InChI=1S/C16H20FNO/c17-12-4-1-11(2-5-12)3-6-15-14-9-13-7-8-16(14,19-13)10-18-15/h1-2,4-5,13-15,18H,3,6-10H2. The van der Waals surface area contributed by atoms with Gasteiger partial charge in [-0.25, -0.2) is 4.39 Å². The third-order valence-corrected chi connectivity index (χ3v) is 5.29. The summed E-state index contributed by atoms with van der Waals surface area (Å²) in [5.41, 5.74) is 1.39. The van der Waals surface area contributed by atoms with Crippen molar-refractivity contribution in [1.29, 1.82) is 0 Å². The van der Waals surface area contributed by atoms with Crippen LogP contribution in [0, 0.1) is 11.7 Å². The average molecular weight is 261 g/mol. The zero-order valence-electron chi connectivity index (χ0n) is 11.1. The van der Waals surface area contributed by atoms with Gasteiger partial charge in [-0.2, -0.15) is 0 Å². The SMILES string of the molecule is Fc1ccc(CCC2NCC34CCC(CC23)O4)cc1. The summed E-state index contributed by atoms with van der Waals surface area (Å²) in [6.45, 7) is 1.03. The van der Waals surface area contributed by atoms with Crippen molar-refractivity contribution in [3.63, 3.8) is 0 Å². The summed E-state index contributed by atoms with van der Waals surface area (Å²) in [7, 11) is 0. The van der Waals surface area contributed by atoms with E-state index in [4.69, 9.17) is 4.74 Å². The van der Waals surface area contributed by atoms with Gasteiger partial charge in [-0.05, 0) is 49.8 Å². The second kappa shape index (κ2) is 4.29. The van der Waals surface area contributed by atoms with E-state index in [9.17, 15) is 4.39 Å². The fourth-order valence-corrected chi connectivity index (χ4v) is 4.31. The Labute approximate surface area is 113 Å². The van der Waals surface area contributed by atoms with Gasteiger partial charge in [0.15, 0.2) is 0 Å². The molecule has 3 aliphatic rings. The van der Waals surface area contributed by atoms with Crippen molar-refractivity contribution < 1.29 is 9.13 Å². The van der Waals surface area contributed by atoms with E-state index in [1.807, 2.05) is 12.1 Å². The highest BCUT2D eigenvalue weighted by atomic mass is 19.1. The molecule has 3 heteroatoms. The van der Waals surface area contributed by atoms with E-state index in [0.29, 0.717) is 18.1 Å². The molecule has 0 amide bonds. The number of hydrogen-bond donors (Lipinski definition) is 1. The molecule has 3 aliphatic heterocycles. The van der Waals surface area contributed by atoms with Crippen molar-refractivity contribution >= 4 is 0 Å². The topological polar surface area (TPSA) is 21.3 Å². The lowest BCUT2D eigenvalue weighted by Crippen LogP contribution is -2.35. The number of rotatable bonds is 3. The molecule has 19 heavy (non-hydrogen) atoms. The maximum absolute atomic E-state index is 12.9. The van der Waals surface area contributed by atoms with Crippen LogP contribution in [-0.2, 0) is 11.2 Å². The van der Waals surface area contributed by atoms with Crippen molar-refractivity contribution in [2.24, 2.45) is 5.92 Å². The van der Waals surface area contributed by atoms with Crippen LogP contribution in [0.1, 0.15) is 31.2 Å². The van der Waals surface area contributed by atoms with Gasteiger partial charge in [-0.3, -0.25) is 0 Å². The first-order valence-corrected chi connectivity index (χ1v) is 7.41. The van der Waals surface area contributed by atoms with Gasteiger partial charge in [-0.15, -0.1) is 0 Å². The van der Waals surface area contributed by atoms with Gasteiger partial charge in [0.25, 0.3) is 0 Å². The molecule has 0 aromatic heterocycles. The Morgan fingerprint density at radius 1 is 1.32 bits per heavy atom. The second-order valence-corrected chi connectivity index (χ2v) is 6.34. The van der Waals surface area contributed by atoms with E-state index in [1.54, 1.807) is 12.1 Å². The van der Waals surface area contributed by atoms with E-state index in [2.05, 4.69) is 5.32 Å². The largest absolute Gasteiger partial charge is 0.370 e. The van der Waals surface area contributed by atoms with Gasteiger partial charge < -0.3 is 10.1 Å². The van der Waals surface area contributed by atoms with Crippen molar-refractivity contribution in [2.75, 3.05) is 6.54 Å². The first-order chi connectivity index (χ1) is 9.25. The highest BCUT2D eigenvalue weighted by Crippen LogP contribution is 2.52. The summed E-state index contributed by atoms with van der Waals surface area (Å²) in [5.74, 6) is 0.551. The Morgan fingerprint density at radius 2 is 2.16 bits per heavy atom. The number of fused-ring (bicyclic) bond motifs is 1. The number of halogens is 1. The molecule has 2 nitrogen and oxygen atoms in total. The molecule has 0 aliphatic carbocycles. The lowest BCUT2D eigenvalue weighted by Gasteiger charge is -2.27. The average Bonchev–Trinajstić information content (AvgIpc) is 3.07. The van der Waals surface area contributed by atoms with Crippen LogP contribution in [0.2, 0.25) is 0 Å². The lowest BCUT2D eigenvalue weighted by molar-refractivity contribution is 0.0124. The second-order valence-electron chi connectivity index (χ2n) is 6.34. The quantitative estimate of drug-likeness (QED) is 0.903. The fraction of sp³-hybridized carbons (Fsp3) is 0.625. The molecule has 0 radical (unpaired) electrons. The summed E-state index contributed by atoms with van der Waals surface area (Å²) in [4.78, 5) is 0.